The van der Waals surface area contributed by atoms with E-state index in [4.69, 9.17) is 4.74 Å². The van der Waals surface area contributed by atoms with Gasteiger partial charge in [-0.25, -0.2) is 21.6 Å². The third kappa shape index (κ3) is 28.2. The number of hydrogen-bond acceptors (Lipinski definition) is 11. The zero-order valence-corrected chi connectivity index (χ0v) is 25.2. The first-order valence-electron chi connectivity index (χ1n) is 12.0. The maximum atomic E-state index is 11.9. The van der Waals surface area contributed by atoms with Crippen LogP contribution in [0.5, 0.6) is 0 Å². The molecule has 0 saturated carbocycles. The smallest absolute Gasteiger partial charge is 0.407 e. The molecule has 3 N–H and O–H groups in total. The number of carbonyl (C=O) groups is 1. The van der Waals surface area contributed by atoms with Crippen molar-refractivity contribution in [3.05, 3.63) is 0 Å². The number of rotatable bonds is 21. The van der Waals surface area contributed by atoms with Crippen molar-refractivity contribution in [2.24, 2.45) is 0 Å². The second kappa shape index (κ2) is 18.9. The van der Waals surface area contributed by atoms with Crippen LogP contribution in [0.3, 0.4) is 0 Å². The van der Waals surface area contributed by atoms with E-state index in [1.807, 2.05) is 20.8 Å². The van der Waals surface area contributed by atoms with Gasteiger partial charge in [0.2, 0.25) is 0 Å². The van der Waals surface area contributed by atoms with Crippen LogP contribution >= 0.6 is 21.6 Å². The number of ether oxygens (including phenoxy) is 1. The molecule has 0 aromatic rings. The van der Waals surface area contributed by atoms with Gasteiger partial charge in [-0.05, 0) is 81.1 Å². The molecule has 0 spiro atoms. The summed E-state index contributed by atoms with van der Waals surface area (Å²) >= 11 is 0. The van der Waals surface area contributed by atoms with E-state index < -0.39 is 29.4 Å². The Bertz CT molecular complexity index is 725. The Balaban J connectivity index is 4.18. The number of nitrogens with one attached hydrogen (secondary N) is 3. The lowest BCUT2D eigenvalue weighted by atomic mass is 10.2. The molecule has 0 saturated heterocycles. The molecule has 0 radical (unpaired) electrons. The summed E-state index contributed by atoms with van der Waals surface area (Å²) in [5.74, 6) is 1.23. The van der Waals surface area contributed by atoms with Crippen molar-refractivity contribution in [2.75, 3.05) is 76.4 Å². The Morgan fingerprint density at radius 3 is 1.57 bits per heavy atom. The van der Waals surface area contributed by atoms with Crippen LogP contribution in [0.25, 0.3) is 0 Å². The molecule has 0 unspecified atom stereocenters. The normalized spacial score (nSPS) is 12.7. The number of alkyl carbamates (subject to hydrolysis) is 1. The molecule has 35 heavy (non-hydrogen) atoms. The van der Waals surface area contributed by atoms with Gasteiger partial charge in [-0.15, -0.1) is 0 Å². The van der Waals surface area contributed by atoms with E-state index in [1.54, 1.807) is 0 Å². The topological polar surface area (TPSA) is 134 Å². The van der Waals surface area contributed by atoms with Crippen molar-refractivity contribution in [3.8, 4) is 0 Å². The molecule has 0 heterocycles. The van der Waals surface area contributed by atoms with E-state index in [1.165, 1.54) is 12.5 Å². The van der Waals surface area contributed by atoms with Crippen LogP contribution in [0.15, 0.2) is 0 Å². The predicted octanol–water partition coefficient (Wildman–Crippen LogP) is 1.94. The number of amides is 1. The average Bonchev–Trinajstić information content (AvgIpc) is 2.68. The third-order valence-electron chi connectivity index (χ3n) is 4.40. The standard InChI is InChI=1S/C21H46N4O6S4/c1-21(2,3)31-20(26)24-14-17-25(15-12-22-10-6-8-18-32-34(4,27)28)16-13-23-11-7-9-19-33-35(5,29)30/h22-23H,6-19H2,1-5H3,(H,24,26). The van der Waals surface area contributed by atoms with Crippen LogP contribution in [0.4, 0.5) is 4.79 Å². The highest BCUT2D eigenvalue weighted by Gasteiger charge is 2.16. The van der Waals surface area contributed by atoms with E-state index in [0.717, 1.165) is 86.5 Å². The fourth-order valence-corrected chi connectivity index (χ4v) is 6.59. The molecule has 14 heteroatoms. The molecule has 0 atom stereocenters. The monoisotopic (exact) mass is 578 g/mol. The average molecular weight is 579 g/mol. The van der Waals surface area contributed by atoms with Crippen molar-refractivity contribution < 1.29 is 26.4 Å². The van der Waals surface area contributed by atoms with Gasteiger partial charge in [0.05, 0.1) is 0 Å². The highest BCUT2D eigenvalue weighted by molar-refractivity contribution is 8.72. The van der Waals surface area contributed by atoms with Gasteiger partial charge >= 0.3 is 6.09 Å². The molecule has 0 aliphatic rings. The van der Waals surface area contributed by atoms with Crippen molar-refractivity contribution >= 4 is 45.4 Å². The Kier molecular flexibility index (Phi) is 18.8. The highest BCUT2D eigenvalue weighted by atomic mass is 33.1. The Labute approximate surface area is 220 Å². The summed E-state index contributed by atoms with van der Waals surface area (Å²) in [6.07, 6.45) is 5.57. The second-order valence-corrected chi connectivity index (χ2v) is 18.4. The van der Waals surface area contributed by atoms with E-state index >= 15 is 0 Å². The predicted molar refractivity (Wildman–Crippen MR) is 149 cm³/mol. The Hall–Kier alpha value is -0.250. The molecule has 0 aromatic carbocycles. The van der Waals surface area contributed by atoms with E-state index in [-0.39, 0.29) is 0 Å². The number of hydrogen-bond donors (Lipinski definition) is 3. The number of carbonyl (C=O) groups excluding carboxylic acids is 1. The number of nitrogens with zero attached hydrogens (tertiary/aromatic N) is 1. The van der Waals surface area contributed by atoms with Crippen molar-refractivity contribution in [1.29, 1.82) is 0 Å². The van der Waals surface area contributed by atoms with Crippen LogP contribution < -0.4 is 16.0 Å². The maximum Gasteiger partial charge on any atom is 0.407 e. The first-order valence-corrected chi connectivity index (χ1v) is 18.8. The van der Waals surface area contributed by atoms with E-state index in [9.17, 15) is 21.6 Å². The molecule has 1 amide bonds. The minimum absolute atomic E-state index is 0.423. The quantitative estimate of drug-likeness (QED) is 0.136. The molecular formula is C21H46N4O6S4. The summed E-state index contributed by atoms with van der Waals surface area (Å²) in [6, 6.07) is 0. The molecule has 0 aromatic heterocycles. The molecule has 0 aliphatic heterocycles. The summed E-state index contributed by atoms with van der Waals surface area (Å²) < 4.78 is 49.8. The third-order valence-corrected chi connectivity index (χ3v) is 9.73. The molecule has 10 nitrogen and oxygen atoms in total. The molecular weight excluding hydrogens is 533 g/mol. The zero-order chi connectivity index (χ0) is 26.8. The summed E-state index contributed by atoms with van der Waals surface area (Å²) in [7, 11) is -3.94. The van der Waals surface area contributed by atoms with Crippen LogP contribution in [-0.2, 0) is 22.5 Å². The summed E-state index contributed by atoms with van der Waals surface area (Å²) in [6.45, 7) is 11.6. The fourth-order valence-electron chi connectivity index (χ4n) is 2.81. The van der Waals surface area contributed by atoms with E-state index in [0.29, 0.717) is 24.6 Å². The van der Waals surface area contributed by atoms with Crippen LogP contribution in [0, 0.1) is 0 Å². The fraction of sp³-hybridized carbons (Fsp3) is 0.952. The van der Waals surface area contributed by atoms with Gasteiger partial charge < -0.3 is 20.7 Å². The summed E-state index contributed by atoms with van der Waals surface area (Å²) in [4.78, 5) is 14.1. The first kappa shape index (κ1) is 34.8. The van der Waals surface area contributed by atoms with Crippen molar-refractivity contribution in [3.63, 3.8) is 0 Å². The molecule has 210 valence electrons. The van der Waals surface area contributed by atoms with Gasteiger partial charge in [0.15, 0.2) is 17.7 Å². The van der Waals surface area contributed by atoms with Gasteiger partial charge in [0.1, 0.15) is 5.60 Å². The van der Waals surface area contributed by atoms with Gasteiger partial charge in [0, 0.05) is 63.3 Å². The highest BCUT2D eigenvalue weighted by Crippen LogP contribution is 2.12. The van der Waals surface area contributed by atoms with Crippen LogP contribution in [-0.4, -0.2) is 110 Å². The maximum absolute atomic E-state index is 11.9. The Morgan fingerprint density at radius 1 is 0.743 bits per heavy atom. The molecule has 0 fully saturated rings. The molecule has 0 aliphatic carbocycles. The van der Waals surface area contributed by atoms with Crippen molar-refractivity contribution in [2.45, 2.75) is 52.1 Å². The minimum atomic E-state index is -2.96. The first-order chi connectivity index (χ1) is 16.2. The largest absolute Gasteiger partial charge is 0.444 e. The van der Waals surface area contributed by atoms with Crippen LogP contribution in [0.2, 0.25) is 0 Å². The SMILES string of the molecule is CC(C)(C)OC(=O)NCCN(CCNCCCCSS(C)(=O)=O)CCNCCCCSS(C)(=O)=O. The summed E-state index contributed by atoms with van der Waals surface area (Å²) in [5.41, 5.74) is -0.531. The summed E-state index contributed by atoms with van der Waals surface area (Å²) in [5, 5.41) is 9.59. The minimum Gasteiger partial charge on any atom is -0.444 e. The van der Waals surface area contributed by atoms with E-state index in [2.05, 4.69) is 20.9 Å². The lowest BCUT2D eigenvalue weighted by Gasteiger charge is -2.24. The lowest BCUT2D eigenvalue weighted by molar-refractivity contribution is 0.0522. The molecule has 0 bridgehead atoms. The van der Waals surface area contributed by atoms with Gasteiger partial charge in [0.25, 0.3) is 0 Å². The lowest BCUT2D eigenvalue weighted by Crippen LogP contribution is -2.42. The van der Waals surface area contributed by atoms with Gasteiger partial charge in [-0.3, -0.25) is 4.90 Å². The second-order valence-electron chi connectivity index (χ2n) is 9.24. The molecule has 0 rings (SSSR count). The zero-order valence-electron chi connectivity index (χ0n) is 21.9. The van der Waals surface area contributed by atoms with Gasteiger partial charge in [-0.2, -0.15) is 0 Å². The van der Waals surface area contributed by atoms with Crippen molar-refractivity contribution in [1.82, 2.24) is 20.9 Å². The van der Waals surface area contributed by atoms with Gasteiger partial charge in [-0.1, -0.05) is 0 Å². The Morgan fingerprint density at radius 2 is 1.17 bits per heavy atom. The number of unbranched alkanes of at least 4 members (excludes halogenated alkanes) is 2. The van der Waals surface area contributed by atoms with Crippen LogP contribution in [0.1, 0.15) is 46.5 Å².